The van der Waals surface area contributed by atoms with Gasteiger partial charge in [-0.3, -0.25) is 9.79 Å². The maximum absolute atomic E-state index is 11.6. The number of amides is 1. The van der Waals surface area contributed by atoms with E-state index in [1.165, 1.54) is 38.9 Å². The van der Waals surface area contributed by atoms with Crippen molar-refractivity contribution in [3.8, 4) is 0 Å². The standard InChI is InChI=1S/C19H37N5O/c1-3-20-19(23-12-11-21-18(25)17-8-9-17)22-10-4-5-13-24-14-6-7-16(2)15-24/h16-17H,3-15H2,1-2H3,(H,21,25)(H2,20,22,23). The van der Waals surface area contributed by atoms with Crippen molar-refractivity contribution < 1.29 is 4.79 Å². The van der Waals surface area contributed by atoms with E-state index in [0.717, 1.165) is 50.8 Å². The van der Waals surface area contributed by atoms with Crippen molar-refractivity contribution in [2.45, 2.75) is 52.4 Å². The smallest absolute Gasteiger partial charge is 0.223 e. The van der Waals surface area contributed by atoms with Crippen LogP contribution in [0.25, 0.3) is 0 Å². The zero-order chi connectivity index (χ0) is 17.9. The minimum absolute atomic E-state index is 0.204. The second kappa shape index (κ2) is 11.3. The van der Waals surface area contributed by atoms with Gasteiger partial charge in [-0.25, -0.2) is 0 Å². The number of hydrogen-bond acceptors (Lipinski definition) is 3. The zero-order valence-corrected chi connectivity index (χ0v) is 16.1. The molecular formula is C19H37N5O. The Morgan fingerprint density at radius 2 is 1.92 bits per heavy atom. The van der Waals surface area contributed by atoms with E-state index in [1.54, 1.807) is 0 Å². The molecule has 1 saturated carbocycles. The molecule has 0 aromatic carbocycles. The summed E-state index contributed by atoms with van der Waals surface area (Å²) in [6, 6.07) is 0. The number of nitrogens with one attached hydrogen (secondary N) is 3. The maximum atomic E-state index is 11.6. The van der Waals surface area contributed by atoms with E-state index in [-0.39, 0.29) is 11.8 Å². The fourth-order valence-corrected chi connectivity index (χ4v) is 3.33. The average molecular weight is 352 g/mol. The minimum atomic E-state index is 0.204. The van der Waals surface area contributed by atoms with E-state index in [2.05, 4.69) is 39.7 Å². The molecule has 1 saturated heterocycles. The molecule has 1 atom stereocenters. The topological polar surface area (TPSA) is 68.8 Å². The van der Waals surface area contributed by atoms with Gasteiger partial charge >= 0.3 is 0 Å². The third-order valence-corrected chi connectivity index (χ3v) is 4.90. The normalized spacial score (nSPS) is 21.8. The number of guanidine groups is 1. The maximum Gasteiger partial charge on any atom is 0.223 e. The average Bonchev–Trinajstić information content (AvgIpc) is 3.43. The van der Waals surface area contributed by atoms with Crippen LogP contribution in [0.2, 0.25) is 0 Å². The predicted octanol–water partition coefficient (Wildman–Crippen LogP) is 1.58. The van der Waals surface area contributed by atoms with Gasteiger partial charge in [-0.15, -0.1) is 0 Å². The fourth-order valence-electron chi connectivity index (χ4n) is 3.33. The first kappa shape index (κ1) is 20.0. The van der Waals surface area contributed by atoms with E-state index >= 15 is 0 Å². The van der Waals surface area contributed by atoms with Crippen LogP contribution >= 0.6 is 0 Å². The van der Waals surface area contributed by atoms with E-state index in [0.29, 0.717) is 6.54 Å². The molecule has 6 nitrogen and oxygen atoms in total. The highest BCUT2D eigenvalue weighted by Gasteiger charge is 2.28. The number of unbranched alkanes of at least 4 members (excludes halogenated alkanes) is 1. The largest absolute Gasteiger partial charge is 0.357 e. The molecule has 1 aliphatic heterocycles. The Hall–Kier alpha value is -1.30. The summed E-state index contributed by atoms with van der Waals surface area (Å²) in [5.74, 6) is 2.20. The Labute approximate surface area is 153 Å². The van der Waals surface area contributed by atoms with Crippen LogP contribution in [-0.4, -0.2) is 62.6 Å². The quantitative estimate of drug-likeness (QED) is 0.318. The lowest BCUT2D eigenvalue weighted by atomic mass is 10.0. The Kier molecular flexibility index (Phi) is 9.08. The summed E-state index contributed by atoms with van der Waals surface area (Å²) in [4.78, 5) is 18.8. The molecule has 1 aliphatic carbocycles. The molecule has 25 heavy (non-hydrogen) atoms. The van der Waals surface area contributed by atoms with Gasteiger partial charge in [0.2, 0.25) is 5.91 Å². The second-order valence-electron chi connectivity index (χ2n) is 7.51. The SMILES string of the molecule is CCNC(=NCCCCN1CCCC(C)C1)NCCNC(=O)C1CC1. The van der Waals surface area contributed by atoms with Crippen molar-refractivity contribution >= 4 is 11.9 Å². The molecule has 0 aromatic rings. The molecule has 3 N–H and O–H groups in total. The number of likely N-dealkylation sites (tertiary alicyclic amines) is 1. The molecule has 1 amide bonds. The number of hydrogen-bond donors (Lipinski definition) is 3. The zero-order valence-electron chi connectivity index (χ0n) is 16.1. The lowest BCUT2D eigenvalue weighted by molar-refractivity contribution is -0.122. The van der Waals surface area contributed by atoms with E-state index in [9.17, 15) is 4.79 Å². The number of rotatable bonds is 10. The summed E-state index contributed by atoms with van der Waals surface area (Å²) >= 11 is 0. The monoisotopic (exact) mass is 351 g/mol. The summed E-state index contributed by atoms with van der Waals surface area (Å²) in [5, 5.41) is 9.53. The molecule has 1 heterocycles. The molecule has 0 radical (unpaired) electrons. The molecule has 2 aliphatic rings. The van der Waals surface area contributed by atoms with Crippen LogP contribution in [0, 0.1) is 11.8 Å². The van der Waals surface area contributed by atoms with Crippen molar-refractivity contribution in [3.05, 3.63) is 0 Å². The van der Waals surface area contributed by atoms with Crippen LogP contribution in [0.5, 0.6) is 0 Å². The lowest BCUT2D eigenvalue weighted by Crippen LogP contribution is -2.41. The highest BCUT2D eigenvalue weighted by molar-refractivity contribution is 5.81. The van der Waals surface area contributed by atoms with Crippen LogP contribution in [0.15, 0.2) is 4.99 Å². The molecule has 1 unspecified atom stereocenters. The van der Waals surface area contributed by atoms with Gasteiger partial charge < -0.3 is 20.9 Å². The second-order valence-corrected chi connectivity index (χ2v) is 7.51. The van der Waals surface area contributed by atoms with Crippen molar-refractivity contribution in [1.82, 2.24) is 20.9 Å². The van der Waals surface area contributed by atoms with Crippen LogP contribution in [-0.2, 0) is 4.79 Å². The van der Waals surface area contributed by atoms with Crippen LogP contribution in [0.3, 0.4) is 0 Å². The minimum Gasteiger partial charge on any atom is -0.357 e. The molecule has 144 valence electrons. The fraction of sp³-hybridized carbons (Fsp3) is 0.895. The first-order chi connectivity index (χ1) is 12.2. The van der Waals surface area contributed by atoms with Crippen molar-refractivity contribution in [2.75, 3.05) is 45.8 Å². The summed E-state index contributed by atoms with van der Waals surface area (Å²) < 4.78 is 0. The predicted molar refractivity (Wildman–Crippen MR) is 104 cm³/mol. The molecular weight excluding hydrogens is 314 g/mol. The summed E-state index contributed by atoms with van der Waals surface area (Å²) in [6.45, 7) is 11.3. The Morgan fingerprint density at radius 1 is 1.12 bits per heavy atom. The van der Waals surface area contributed by atoms with Crippen molar-refractivity contribution in [1.29, 1.82) is 0 Å². The van der Waals surface area contributed by atoms with Crippen LogP contribution < -0.4 is 16.0 Å². The number of carbonyl (C=O) groups excluding carboxylic acids is 1. The number of carbonyl (C=O) groups is 1. The molecule has 0 aromatic heterocycles. The van der Waals surface area contributed by atoms with Gasteiger partial charge in [-0.1, -0.05) is 6.92 Å². The first-order valence-electron chi connectivity index (χ1n) is 10.2. The summed E-state index contributed by atoms with van der Waals surface area (Å²) in [5.41, 5.74) is 0. The first-order valence-corrected chi connectivity index (χ1v) is 10.2. The van der Waals surface area contributed by atoms with Crippen molar-refractivity contribution in [2.24, 2.45) is 16.8 Å². The van der Waals surface area contributed by atoms with E-state index in [1.807, 2.05) is 0 Å². The third-order valence-electron chi connectivity index (χ3n) is 4.90. The number of nitrogens with zero attached hydrogens (tertiary/aromatic N) is 2. The molecule has 2 fully saturated rings. The number of aliphatic imine (C=N–C) groups is 1. The van der Waals surface area contributed by atoms with E-state index < -0.39 is 0 Å². The van der Waals surface area contributed by atoms with Crippen LogP contribution in [0.4, 0.5) is 0 Å². The van der Waals surface area contributed by atoms with Crippen molar-refractivity contribution in [3.63, 3.8) is 0 Å². The Morgan fingerprint density at radius 3 is 2.64 bits per heavy atom. The van der Waals surface area contributed by atoms with Gasteiger partial charge in [0.1, 0.15) is 0 Å². The van der Waals surface area contributed by atoms with E-state index in [4.69, 9.17) is 0 Å². The Bertz CT molecular complexity index is 422. The van der Waals surface area contributed by atoms with Gasteiger partial charge in [0, 0.05) is 38.6 Å². The molecule has 0 bridgehead atoms. The highest BCUT2D eigenvalue weighted by Crippen LogP contribution is 2.28. The third kappa shape index (κ3) is 8.56. The number of piperidine rings is 1. The van der Waals surface area contributed by atoms with Gasteiger partial charge in [0.15, 0.2) is 5.96 Å². The molecule has 2 rings (SSSR count). The van der Waals surface area contributed by atoms with Gasteiger partial charge in [0.05, 0.1) is 0 Å². The summed E-state index contributed by atoms with van der Waals surface area (Å²) in [6.07, 6.45) is 7.19. The summed E-state index contributed by atoms with van der Waals surface area (Å²) in [7, 11) is 0. The Balaban J connectivity index is 1.54. The molecule has 0 spiro atoms. The highest BCUT2D eigenvalue weighted by atomic mass is 16.2. The van der Waals surface area contributed by atoms with Crippen LogP contribution in [0.1, 0.15) is 52.4 Å². The van der Waals surface area contributed by atoms with Gasteiger partial charge in [-0.2, -0.15) is 0 Å². The van der Waals surface area contributed by atoms with Gasteiger partial charge in [0.25, 0.3) is 0 Å². The lowest BCUT2D eigenvalue weighted by Gasteiger charge is -2.30. The van der Waals surface area contributed by atoms with Gasteiger partial charge in [-0.05, 0) is 64.5 Å². The molecule has 6 heteroatoms.